The third-order valence-corrected chi connectivity index (χ3v) is 14.9. The van der Waals surface area contributed by atoms with Crippen LogP contribution in [0.15, 0.2) is 136 Å². The summed E-state index contributed by atoms with van der Waals surface area (Å²) in [6.07, 6.45) is 22.9. The highest BCUT2D eigenvalue weighted by Crippen LogP contribution is 2.49. The molecule has 5 nitrogen and oxygen atoms in total. The predicted molar refractivity (Wildman–Crippen MR) is 282 cm³/mol. The highest BCUT2D eigenvalue weighted by Gasteiger charge is 2.39. The van der Waals surface area contributed by atoms with Crippen LogP contribution in [0.2, 0.25) is 0 Å². The van der Waals surface area contributed by atoms with Crippen LogP contribution in [-0.2, 0) is 15.6 Å². The number of nitrogens with zero attached hydrogens (tertiary/aromatic N) is 4. The first kappa shape index (κ1) is 48.3. The number of pyridine rings is 2. The van der Waals surface area contributed by atoms with Crippen LogP contribution < -0.4 is 0 Å². The van der Waals surface area contributed by atoms with Gasteiger partial charge in [0, 0.05) is 53.1 Å². The van der Waals surface area contributed by atoms with E-state index in [1.807, 2.05) is 11.1 Å². The zero-order valence-electron chi connectivity index (χ0n) is 43.8. The minimum Gasteiger partial charge on any atom is -0.301 e. The molecule has 352 valence electrons. The second-order valence-corrected chi connectivity index (χ2v) is 25.6. The number of allylic oxidation sites excluding steroid dienone is 12. The monoisotopic (exact) mass is 895 g/mol. The second-order valence-electron chi connectivity index (χ2n) is 25.6. The van der Waals surface area contributed by atoms with Crippen molar-refractivity contribution in [2.24, 2.45) is 27.2 Å². The second kappa shape index (κ2) is 17.4. The fourth-order valence-electron chi connectivity index (χ4n) is 10.1. The number of carbonyl (C=O) groups is 1. The van der Waals surface area contributed by atoms with Crippen molar-refractivity contribution in [3.63, 3.8) is 0 Å². The van der Waals surface area contributed by atoms with Gasteiger partial charge in [0.1, 0.15) is 6.54 Å². The van der Waals surface area contributed by atoms with E-state index >= 15 is 0 Å². The maximum absolute atomic E-state index is 13.2. The number of benzene rings is 1. The van der Waals surface area contributed by atoms with Crippen LogP contribution >= 0.6 is 0 Å². The quantitative estimate of drug-likeness (QED) is 0.222. The topological polar surface area (TPSA) is 58.2 Å². The zero-order valence-corrected chi connectivity index (χ0v) is 43.8. The average molecular weight is 895 g/mol. The molecule has 4 heterocycles. The lowest BCUT2D eigenvalue weighted by Crippen LogP contribution is -2.26. The Kier molecular flexibility index (Phi) is 12.6. The molecule has 1 saturated heterocycles. The van der Waals surface area contributed by atoms with Gasteiger partial charge in [0.15, 0.2) is 0 Å². The summed E-state index contributed by atoms with van der Waals surface area (Å²) in [5.41, 5.74) is 19.7. The fraction of sp³-hybridized carbons (Fsp3) is 0.484. The van der Waals surface area contributed by atoms with Crippen molar-refractivity contribution >= 4 is 17.2 Å². The third-order valence-electron chi connectivity index (χ3n) is 14.9. The minimum absolute atomic E-state index is 0.00382. The highest BCUT2D eigenvalue weighted by atomic mass is 16.2. The molecule has 0 spiro atoms. The van der Waals surface area contributed by atoms with E-state index in [0.717, 1.165) is 65.9 Å². The van der Waals surface area contributed by atoms with Gasteiger partial charge < -0.3 is 4.90 Å². The Balaban J connectivity index is 1.20. The molecule has 8 rings (SSSR count). The van der Waals surface area contributed by atoms with Gasteiger partial charge in [0.05, 0.1) is 5.69 Å². The summed E-state index contributed by atoms with van der Waals surface area (Å²) < 4.78 is 0. The van der Waals surface area contributed by atoms with E-state index in [2.05, 4.69) is 196 Å². The van der Waals surface area contributed by atoms with Gasteiger partial charge in [-0.05, 0) is 158 Å². The first-order valence-corrected chi connectivity index (χ1v) is 25.1. The summed E-state index contributed by atoms with van der Waals surface area (Å²) in [5.74, 6) is 0.880. The number of hydrogen-bond donors (Lipinski definition) is 0. The number of carbonyl (C=O) groups excluding carboxylic acids is 1. The molecule has 1 fully saturated rings. The molecule has 0 N–H and O–H groups in total. The Bertz CT molecular complexity index is 2670. The summed E-state index contributed by atoms with van der Waals surface area (Å²) >= 11 is 0. The van der Waals surface area contributed by atoms with Crippen molar-refractivity contribution < 1.29 is 4.79 Å². The summed E-state index contributed by atoms with van der Waals surface area (Å²) in [6, 6.07) is 16.0. The molecule has 67 heavy (non-hydrogen) atoms. The number of aliphatic imine (C=N–C) groups is 1. The van der Waals surface area contributed by atoms with Gasteiger partial charge >= 0.3 is 0 Å². The predicted octanol–water partition coefficient (Wildman–Crippen LogP) is 15.9. The van der Waals surface area contributed by atoms with Gasteiger partial charge in [-0.15, -0.1) is 0 Å². The van der Waals surface area contributed by atoms with Crippen LogP contribution in [0.5, 0.6) is 0 Å². The van der Waals surface area contributed by atoms with Crippen LogP contribution in [0.4, 0.5) is 0 Å². The van der Waals surface area contributed by atoms with E-state index in [9.17, 15) is 4.79 Å². The Labute approximate surface area is 404 Å². The fourth-order valence-corrected chi connectivity index (χ4v) is 10.1. The zero-order chi connectivity index (χ0) is 48.6. The SMILES string of the molecule is CC1=CC(C(C)(C)C)=CC(c2ccc(C3CC(c4ccc(-c5cc(C(C)(C)C)cc(C(C)(C)C)c5)nc4)=C(N4CC4=O)C=C3C3=CN=C(C4=CC(C(C)(C)C)=CC(C(C)(C)C)C4)CC3)cn2)C1. The molecule has 2 aliphatic heterocycles. The van der Waals surface area contributed by atoms with Crippen molar-refractivity contribution in [2.45, 2.75) is 166 Å². The molecule has 3 aliphatic carbocycles. The van der Waals surface area contributed by atoms with Gasteiger partial charge in [-0.2, -0.15) is 0 Å². The van der Waals surface area contributed by atoms with E-state index in [4.69, 9.17) is 15.0 Å². The molecule has 0 saturated carbocycles. The van der Waals surface area contributed by atoms with Crippen molar-refractivity contribution in [1.29, 1.82) is 0 Å². The van der Waals surface area contributed by atoms with Gasteiger partial charge in [0.25, 0.3) is 0 Å². The summed E-state index contributed by atoms with van der Waals surface area (Å²) in [4.78, 5) is 30.8. The third kappa shape index (κ3) is 10.6. The van der Waals surface area contributed by atoms with E-state index in [1.54, 1.807) is 0 Å². The number of rotatable bonds is 7. The normalized spacial score (nSPS) is 22.1. The molecule has 1 aromatic carbocycles. The molecule has 3 unspecified atom stereocenters. The van der Waals surface area contributed by atoms with Crippen molar-refractivity contribution in [3.8, 4) is 11.3 Å². The van der Waals surface area contributed by atoms with E-state index in [1.165, 1.54) is 55.8 Å². The lowest BCUT2D eigenvalue weighted by atomic mass is 9.69. The van der Waals surface area contributed by atoms with Crippen LogP contribution in [0.25, 0.3) is 16.8 Å². The molecule has 5 aliphatic rings. The molecule has 5 heteroatoms. The van der Waals surface area contributed by atoms with Crippen LogP contribution in [0, 0.1) is 22.2 Å². The maximum atomic E-state index is 13.2. The molecule has 2 aromatic heterocycles. The van der Waals surface area contributed by atoms with Gasteiger partial charge in [-0.3, -0.25) is 19.8 Å². The largest absolute Gasteiger partial charge is 0.301 e. The summed E-state index contributed by atoms with van der Waals surface area (Å²) in [7, 11) is 0. The Hall–Kier alpha value is -5.16. The van der Waals surface area contributed by atoms with Crippen molar-refractivity contribution in [1.82, 2.24) is 14.9 Å². The van der Waals surface area contributed by atoms with Crippen LogP contribution in [-0.4, -0.2) is 33.0 Å². The maximum Gasteiger partial charge on any atom is 0.247 e. The lowest BCUT2D eigenvalue weighted by Gasteiger charge is -2.36. The molecular formula is C62H78N4O. The highest BCUT2D eigenvalue weighted by molar-refractivity contribution is 6.02. The van der Waals surface area contributed by atoms with Crippen molar-refractivity contribution in [2.75, 3.05) is 6.54 Å². The average Bonchev–Trinajstić information content (AvgIpc) is 4.00. The van der Waals surface area contributed by atoms with Gasteiger partial charge in [0.2, 0.25) is 5.91 Å². The number of amides is 1. The Morgan fingerprint density at radius 2 is 1.28 bits per heavy atom. The van der Waals surface area contributed by atoms with E-state index in [-0.39, 0.29) is 44.8 Å². The summed E-state index contributed by atoms with van der Waals surface area (Å²) in [6.45, 7) is 37.3. The molecule has 0 bridgehead atoms. The van der Waals surface area contributed by atoms with E-state index in [0.29, 0.717) is 12.5 Å². The molecule has 3 atom stereocenters. The van der Waals surface area contributed by atoms with Crippen LogP contribution in [0.1, 0.15) is 183 Å². The Morgan fingerprint density at radius 3 is 1.81 bits per heavy atom. The molecule has 1 amide bonds. The number of aromatic nitrogens is 2. The summed E-state index contributed by atoms with van der Waals surface area (Å²) in [5, 5.41) is 0. The first-order valence-electron chi connectivity index (χ1n) is 25.1. The molecule has 3 aromatic rings. The van der Waals surface area contributed by atoms with Crippen LogP contribution in [0.3, 0.4) is 0 Å². The Morgan fingerprint density at radius 1 is 0.627 bits per heavy atom. The number of hydrogen-bond acceptors (Lipinski definition) is 4. The molecular weight excluding hydrogens is 817 g/mol. The van der Waals surface area contributed by atoms with Gasteiger partial charge in [-0.25, -0.2) is 0 Å². The standard InChI is InChI=1S/C62H78N4O/c1-38-23-42(25-45(24-38)58(2,3)4)53-20-17-39(34-63-53)50-32-52(41-19-22-55(65-36-41)44-28-48(61(11,12)13)31-49(29-44)62(14,15)16)56(66-37-57(66)67)33-51(50)40-18-21-54(64-35-40)43-26-46(59(5,6)7)30-47(27-43)60(8,9)10/h17,19-20,22,24-26,28-31,33-36,42,47,50H,18,21,23,27,32,37H2,1-16H3. The molecule has 0 radical (unpaired) electrons. The van der Waals surface area contributed by atoms with Gasteiger partial charge in [-0.1, -0.05) is 152 Å². The lowest BCUT2D eigenvalue weighted by molar-refractivity contribution is -0.112. The first-order chi connectivity index (χ1) is 31.1. The smallest absolute Gasteiger partial charge is 0.247 e. The minimum atomic E-state index is 0.00382. The van der Waals surface area contributed by atoms with E-state index < -0.39 is 0 Å². The van der Waals surface area contributed by atoms with Crippen molar-refractivity contribution in [3.05, 3.63) is 159 Å².